The van der Waals surface area contributed by atoms with Crippen LogP contribution in [-0.2, 0) is 0 Å². The summed E-state index contributed by atoms with van der Waals surface area (Å²) in [6.07, 6.45) is 11.3. The van der Waals surface area contributed by atoms with E-state index >= 15 is 0 Å². The van der Waals surface area contributed by atoms with Gasteiger partial charge in [-0.25, -0.2) is 4.68 Å². The number of tetrazole rings is 1. The van der Waals surface area contributed by atoms with Gasteiger partial charge in [0.05, 0.1) is 5.69 Å². The first-order valence-electron chi connectivity index (χ1n) is 12.0. The number of likely N-dealkylation sites (tertiary alicyclic amines) is 1. The van der Waals surface area contributed by atoms with Gasteiger partial charge in [0.15, 0.2) is 6.29 Å². The Morgan fingerprint density at radius 3 is 2.38 bits per heavy atom. The smallest absolute Gasteiger partial charge is 0.195 e. The lowest BCUT2D eigenvalue weighted by molar-refractivity contribution is 0.143. The highest BCUT2D eigenvalue weighted by atomic mass is 15.5. The molecule has 0 radical (unpaired) electrons. The van der Waals surface area contributed by atoms with E-state index in [1.807, 2.05) is 12.1 Å². The molecular weight excluding hydrogens is 424 g/mol. The summed E-state index contributed by atoms with van der Waals surface area (Å²) in [6.45, 7) is 4.21. The molecule has 0 aliphatic carbocycles. The van der Waals surface area contributed by atoms with Gasteiger partial charge in [0, 0.05) is 54.6 Å². The highest BCUT2D eigenvalue weighted by Gasteiger charge is 2.26. The second-order valence-corrected chi connectivity index (χ2v) is 9.08. The molecular formula is C26H28N8. The maximum Gasteiger partial charge on any atom is 0.195 e. The van der Waals surface area contributed by atoms with Gasteiger partial charge in [0.1, 0.15) is 6.33 Å². The molecule has 2 aromatic carbocycles. The van der Waals surface area contributed by atoms with E-state index in [0.29, 0.717) is 12.0 Å². The Morgan fingerprint density at radius 2 is 1.68 bits per heavy atom. The lowest BCUT2D eigenvalue weighted by Gasteiger charge is -2.35. The molecule has 0 amide bonds. The molecule has 6 rings (SSSR count). The van der Waals surface area contributed by atoms with Crippen LogP contribution in [0.2, 0.25) is 0 Å². The van der Waals surface area contributed by atoms with Crippen molar-refractivity contribution in [1.82, 2.24) is 29.7 Å². The van der Waals surface area contributed by atoms with Crippen molar-refractivity contribution in [2.75, 3.05) is 13.1 Å². The molecule has 2 aliphatic rings. The molecule has 0 N–H and O–H groups in total. The van der Waals surface area contributed by atoms with Crippen LogP contribution in [0, 0.1) is 5.92 Å². The number of piperidine rings is 1. The monoisotopic (exact) mass is 452 g/mol. The van der Waals surface area contributed by atoms with Gasteiger partial charge in [-0.3, -0.25) is 14.9 Å². The zero-order valence-corrected chi connectivity index (χ0v) is 19.3. The molecule has 172 valence electrons. The van der Waals surface area contributed by atoms with E-state index in [1.165, 1.54) is 22.0 Å². The van der Waals surface area contributed by atoms with Gasteiger partial charge in [-0.05, 0) is 71.1 Å². The summed E-state index contributed by atoms with van der Waals surface area (Å²) in [6, 6.07) is 17.8. The van der Waals surface area contributed by atoms with Crippen molar-refractivity contribution < 1.29 is 0 Å². The lowest BCUT2D eigenvalue weighted by Crippen LogP contribution is -2.41. The molecule has 0 unspecified atom stereocenters. The van der Waals surface area contributed by atoms with Gasteiger partial charge < -0.3 is 4.57 Å². The normalized spacial score (nSPS) is 21.4. The van der Waals surface area contributed by atoms with Crippen LogP contribution in [0.3, 0.4) is 0 Å². The third-order valence-electron chi connectivity index (χ3n) is 7.05. The van der Waals surface area contributed by atoms with Gasteiger partial charge in [-0.15, -0.1) is 5.10 Å². The van der Waals surface area contributed by atoms with Gasteiger partial charge in [0.25, 0.3) is 0 Å². The van der Waals surface area contributed by atoms with Crippen LogP contribution < -0.4 is 0 Å². The summed E-state index contributed by atoms with van der Waals surface area (Å²) < 4.78 is 4.12. The second-order valence-electron chi connectivity index (χ2n) is 9.08. The van der Waals surface area contributed by atoms with Crippen molar-refractivity contribution in [2.45, 2.75) is 38.5 Å². The highest BCUT2D eigenvalue weighted by Crippen LogP contribution is 2.31. The average Bonchev–Trinajstić information content (AvgIpc) is 3.59. The van der Waals surface area contributed by atoms with Crippen LogP contribution in [0.1, 0.15) is 32.2 Å². The Morgan fingerprint density at radius 1 is 0.912 bits per heavy atom. The first-order chi connectivity index (χ1) is 16.8. The molecule has 8 heteroatoms. The topological polar surface area (TPSA) is 76.5 Å². The van der Waals surface area contributed by atoms with E-state index in [4.69, 9.17) is 0 Å². The summed E-state index contributed by atoms with van der Waals surface area (Å²) in [4.78, 5) is 11.8. The van der Waals surface area contributed by atoms with Gasteiger partial charge in [0.2, 0.25) is 0 Å². The molecule has 8 nitrogen and oxygen atoms in total. The van der Waals surface area contributed by atoms with Gasteiger partial charge in [-0.1, -0.05) is 25.1 Å². The number of rotatable bonds is 5. The van der Waals surface area contributed by atoms with Crippen LogP contribution in [0.25, 0.3) is 27.7 Å². The van der Waals surface area contributed by atoms with Crippen LogP contribution in [0.5, 0.6) is 0 Å². The Labute approximate surface area is 198 Å². The maximum atomic E-state index is 4.69. The number of nitrogens with zero attached hydrogens (tertiary/aromatic N) is 8. The van der Waals surface area contributed by atoms with Gasteiger partial charge >= 0.3 is 0 Å². The van der Waals surface area contributed by atoms with E-state index in [-0.39, 0.29) is 6.29 Å². The summed E-state index contributed by atoms with van der Waals surface area (Å²) in [5.41, 5.74) is 4.63. The standard InChI is InChI=1S/C26H28N8/c1-2-19-16-27-26(28-17-19)32-12-10-23(11-13-32)33-14-9-22-15-21(5-8-25(22)33)20-3-6-24(7-4-20)34-18-29-30-31-34/h3-9,14-19,23,26H,2,10-13H2,1H3. The summed E-state index contributed by atoms with van der Waals surface area (Å²) in [5.74, 6) is 0.397. The fourth-order valence-electron chi connectivity index (χ4n) is 4.99. The number of benzene rings is 2. The van der Waals surface area contributed by atoms with E-state index in [1.54, 1.807) is 11.0 Å². The molecule has 2 aliphatic heterocycles. The van der Waals surface area contributed by atoms with E-state index < -0.39 is 0 Å². The molecule has 1 fully saturated rings. The molecule has 2 aromatic heterocycles. The van der Waals surface area contributed by atoms with Crippen molar-refractivity contribution in [1.29, 1.82) is 0 Å². The Hall–Kier alpha value is -3.65. The fraction of sp³-hybridized carbons (Fsp3) is 0.346. The largest absolute Gasteiger partial charge is 0.344 e. The highest BCUT2D eigenvalue weighted by molar-refractivity contribution is 5.86. The minimum Gasteiger partial charge on any atom is -0.344 e. The number of fused-ring (bicyclic) bond motifs is 1. The quantitative estimate of drug-likeness (QED) is 0.450. The third kappa shape index (κ3) is 3.94. The second kappa shape index (κ2) is 8.95. The van der Waals surface area contributed by atoms with Crippen molar-refractivity contribution in [2.24, 2.45) is 15.9 Å². The molecule has 4 heterocycles. The maximum absolute atomic E-state index is 4.69. The molecule has 34 heavy (non-hydrogen) atoms. The van der Waals surface area contributed by atoms with Crippen molar-refractivity contribution in [3.63, 3.8) is 0 Å². The van der Waals surface area contributed by atoms with Crippen molar-refractivity contribution >= 4 is 23.3 Å². The Balaban J connectivity index is 1.15. The SMILES string of the molecule is CCC1C=NC(N2CCC(n3ccc4cc(-c5ccc(-n6cnnn6)cc5)ccc43)CC2)N=C1. The van der Waals surface area contributed by atoms with E-state index in [2.05, 4.69) is 96.9 Å². The predicted octanol–water partition coefficient (Wildman–Crippen LogP) is 4.39. The first kappa shape index (κ1) is 20.9. The minimum atomic E-state index is -0.0278. The molecule has 1 saturated heterocycles. The molecule has 0 bridgehead atoms. The Kier molecular flexibility index (Phi) is 5.50. The zero-order chi connectivity index (χ0) is 22.9. The predicted molar refractivity (Wildman–Crippen MR) is 134 cm³/mol. The number of hydrogen-bond donors (Lipinski definition) is 0. The van der Waals surface area contributed by atoms with E-state index in [0.717, 1.165) is 38.0 Å². The van der Waals surface area contributed by atoms with Crippen LogP contribution in [0.15, 0.2) is 71.0 Å². The fourth-order valence-corrected chi connectivity index (χ4v) is 4.99. The first-order valence-corrected chi connectivity index (χ1v) is 12.0. The zero-order valence-electron chi connectivity index (χ0n) is 19.3. The summed E-state index contributed by atoms with van der Waals surface area (Å²) in [5, 5.41) is 12.6. The van der Waals surface area contributed by atoms with Crippen LogP contribution >= 0.6 is 0 Å². The Bertz CT molecular complexity index is 1300. The van der Waals surface area contributed by atoms with Crippen molar-refractivity contribution in [3.05, 3.63) is 61.1 Å². The number of aromatic nitrogens is 5. The third-order valence-corrected chi connectivity index (χ3v) is 7.05. The number of hydrogen-bond acceptors (Lipinski definition) is 6. The summed E-state index contributed by atoms with van der Waals surface area (Å²) >= 11 is 0. The summed E-state index contributed by atoms with van der Waals surface area (Å²) in [7, 11) is 0. The minimum absolute atomic E-state index is 0.0278. The lowest BCUT2D eigenvalue weighted by atomic mass is 10.0. The number of aliphatic imine (C=N–C) groups is 2. The van der Waals surface area contributed by atoms with Crippen LogP contribution in [-0.4, -0.2) is 61.5 Å². The van der Waals surface area contributed by atoms with Gasteiger partial charge in [-0.2, -0.15) is 0 Å². The average molecular weight is 453 g/mol. The van der Waals surface area contributed by atoms with Crippen LogP contribution in [0.4, 0.5) is 0 Å². The molecule has 0 atom stereocenters. The van der Waals surface area contributed by atoms with E-state index in [9.17, 15) is 0 Å². The molecule has 0 spiro atoms. The molecule has 4 aromatic rings. The molecule has 0 saturated carbocycles. The van der Waals surface area contributed by atoms with Crippen molar-refractivity contribution in [3.8, 4) is 16.8 Å².